The quantitative estimate of drug-likeness (QED) is 0.0362. The van der Waals surface area contributed by atoms with Gasteiger partial charge in [0.25, 0.3) is 0 Å². The summed E-state index contributed by atoms with van der Waals surface area (Å²) in [7, 11) is 0. The lowest BCUT2D eigenvalue weighted by molar-refractivity contribution is -0.124. The number of aliphatic hydroxyl groups is 3. The van der Waals surface area contributed by atoms with Crippen LogP contribution in [0.5, 0.6) is 0 Å². The molecule has 0 heterocycles. The number of amides is 1. The number of hydrogen-bond acceptors (Lipinski definition) is 4. The van der Waals surface area contributed by atoms with Gasteiger partial charge in [-0.3, -0.25) is 4.79 Å². The van der Waals surface area contributed by atoms with Crippen molar-refractivity contribution in [2.75, 3.05) is 6.61 Å². The molecule has 0 spiro atoms. The van der Waals surface area contributed by atoms with Gasteiger partial charge in [0.2, 0.25) is 5.91 Å². The zero-order valence-electron chi connectivity index (χ0n) is 43.4. The summed E-state index contributed by atoms with van der Waals surface area (Å²) in [6.07, 6.45) is 69.4. The number of nitrogens with one attached hydrogen (secondary N) is 1. The monoisotopic (exact) mass is 902 g/mol. The maximum absolute atomic E-state index is 12.5. The van der Waals surface area contributed by atoms with Crippen LogP contribution in [-0.2, 0) is 4.79 Å². The first-order chi connectivity index (χ1) is 31.6. The fraction of sp³-hybridized carbons (Fsp3) is 0.915. The van der Waals surface area contributed by atoms with Crippen molar-refractivity contribution in [2.24, 2.45) is 0 Å². The molecule has 5 nitrogen and oxygen atoms in total. The molecule has 64 heavy (non-hydrogen) atoms. The van der Waals surface area contributed by atoms with Gasteiger partial charge in [-0.15, -0.1) is 0 Å². The minimum absolute atomic E-state index is 0.153. The fourth-order valence-corrected chi connectivity index (χ4v) is 9.30. The second-order valence-corrected chi connectivity index (χ2v) is 20.2. The van der Waals surface area contributed by atoms with Crippen molar-refractivity contribution in [3.63, 3.8) is 0 Å². The van der Waals surface area contributed by atoms with E-state index in [0.717, 1.165) is 44.9 Å². The van der Waals surface area contributed by atoms with Crippen LogP contribution in [0, 0.1) is 0 Å². The van der Waals surface area contributed by atoms with Crippen LogP contribution in [0.3, 0.4) is 0 Å². The van der Waals surface area contributed by atoms with E-state index in [9.17, 15) is 20.1 Å². The van der Waals surface area contributed by atoms with Crippen LogP contribution in [0.4, 0.5) is 0 Å². The van der Waals surface area contributed by atoms with Crippen LogP contribution in [-0.4, -0.2) is 46.1 Å². The molecule has 0 aliphatic carbocycles. The summed E-state index contributed by atoms with van der Waals surface area (Å²) < 4.78 is 0. The summed E-state index contributed by atoms with van der Waals surface area (Å²) in [6, 6.07) is -0.829. The highest BCUT2D eigenvalue weighted by molar-refractivity contribution is 5.76. The molecule has 0 aromatic heterocycles. The summed E-state index contributed by atoms with van der Waals surface area (Å²) >= 11 is 0. The highest BCUT2D eigenvalue weighted by Crippen LogP contribution is 2.18. The van der Waals surface area contributed by atoms with Gasteiger partial charge in [-0.2, -0.15) is 0 Å². The molecular weight excluding hydrogens is 787 g/mol. The summed E-state index contributed by atoms with van der Waals surface area (Å²) in [4.78, 5) is 12.5. The molecule has 0 aromatic rings. The Morgan fingerprint density at radius 2 is 0.641 bits per heavy atom. The molecule has 1 amide bonds. The van der Waals surface area contributed by atoms with E-state index in [-0.39, 0.29) is 12.5 Å². The number of carbonyl (C=O) groups excluding carboxylic acids is 1. The molecule has 0 fully saturated rings. The molecule has 380 valence electrons. The molecule has 0 saturated heterocycles. The van der Waals surface area contributed by atoms with Gasteiger partial charge in [0.1, 0.15) is 6.10 Å². The van der Waals surface area contributed by atoms with Crippen molar-refractivity contribution in [1.29, 1.82) is 0 Å². The van der Waals surface area contributed by atoms with Crippen LogP contribution in [0.15, 0.2) is 24.3 Å². The van der Waals surface area contributed by atoms with Crippen LogP contribution in [0.2, 0.25) is 0 Å². The van der Waals surface area contributed by atoms with E-state index in [4.69, 9.17) is 0 Å². The largest absolute Gasteiger partial charge is 0.394 e. The third-order valence-corrected chi connectivity index (χ3v) is 13.8. The lowest BCUT2D eigenvalue weighted by Crippen LogP contribution is -2.50. The van der Waals surface area contributed by atoms with E-state index < -0.39 is 18.2 Å². The zero-order valence-corrected chi connectivity index (χ0v) is 43.4. The Labute approximate surface area is 401 Å². The maximum Gasteiger partial charge on any atom is 0.220 e. The fourth-order valence-electron chi connectivity index (χ4n) is 9.30. The Hall–Kier alpha value is -1.17. The van der Waals surface area contributed by atoms with Crippen molar-refractivity contribution in [3.8, 4) is 0 Å². The number of rotatable bonds is 54. The number of carbonyl (C=O) groups is 1. The minimum atomic E-state index is -1.16. The second-order valence-electron chi connectivity index (χ2n) is 20.2. The first kappa shape index (κ1) is 62.8. The number of unbranched alkanes of at least 4 members (excludes halogenated alkanes) is 42. The van der Waals surface area contributed by atoms with Crippen LogP contribution in [0.25, 0.3) is 0 Å². The van der Waals surface area contributed by atoms with Crippen molar-refractivity contribution in [1.82, 2.24) is 5.32 Å². The van der Waals surface area contributed by atoms with Crippen LogP contribution >= 0.6 is 0 Å². The van der Waals surface area contributed by atoms with Crippen molar-refractivity contribution in [3.05, 3.63) is 24.3 Å². The van der Waals surface area contributed by atoms with E-state index in [2.05, 4.69) is 43.5 Å². The van der Waals surface area contributed by atoms with Crippen molar-refractivity contribution >= 4 is 5.91 Å². The number of aliphatic hydroxyl groups excluding tert-OH is 3. The lowest BCUT2D eigenvalue weighted by atomic mass is 10.0. The Morgan fingerprint density at radius 1 is 0.375 bits per heavy atom. The second kappa shape index (κ2) is 54.4. The summed E-state index contributed by atoms with van der Waals surface area (Å²) in [5.41, 5.74) is 0. The third kappa shape index (κ3) is 48.8. The van der Waals surface area contributed by atoms with Crippen LogP contribution < -0.4 is 5.32 Å². The normalized spacial score (nSPS) is 13.4. The molecular formula is C59H115NO4. The van der Waals surface area contributed by atoms with E-state index in [1.54, 1.807) is 0 Å². The number of hydrogen-bond donors (Lipinski definition) is 4. The molecule has 0 aromatic carbocycles. The summed E-state index contributed by atoms with van der Waals surface area (Å²) in [6.45, 7) is 4.17. The average molecular weight is 903 g/mol. The molecule has 0 saturated carbocycles. The molecule has 0 radical (unpaired) electrons. The lowest BCUT2D eigenvalue weighted by Gasteiger charge is -2.26. The van der Waals surface area contributed by atoms with Gasteiger partial charge in [0, 0.05) is 6.42 Å². The topological polar surface area (TPSA) is 89.8 Å². The minimum Gasteiger partial charge on any atom is -0.394 e. The maximum atomic E-state index is 12.5. The van der Waals surface area contributed by atoms with Gasteiger partial charge < -0.3 is 20.6 Å². The Morgan fingerprint density at radius 3 is 0.953 bits per heavy atom. The molecule has 0 aliphatic rings. The van der Waals surface area contributed by atoms with Gasteiger partial charge in [0.05, 0.1) is 18.8 Å². The van der Waals surface area contributed by atoms with Crippen LogP contribution in [0.1, 0.15) is 322 Å². The predicted octanol–water partition coefficient (Wildman–Crippen LogP) is 18.1. The first-order valence-electron chi connectivity index (χ1n) is 29.1. The molecule has 3 unspecified atom stereocenters. The Bertz CT molecular complexity index is 951. The zero-order chi connectivity index (χ0) is 46.5. The molecule has 4 N–H and O–H groups in total. The summed E-state index contributed by atoms with van der Waals surface area (Å²) in [5, 5.41) is 33.6. The molecule has 5 heteroatoms. The summed E-state index contributed by atoms with van der Waals surface area (Å²) in [5.74, 6) is -0.153. The Balaban J connectivity index is 3.42. The van der Waals surface area contributed by atoms with Gasteiger partial charge in [-0.25, -0.2) is 0 Å². The first-order valence-corrected chi connectivity index (χ1v) is 29.1. The molecule has 0 rings (SSSR count). The van der Waals surface area contributed by atoms with Crippen molar-refractivity contribution in [2.45, 2.75) is 340 Å². The van der Waals surface area contributed by atoms with Gasteiger partial charge in [-0.1, -0.05) is 289 Å². The highest BCUT2D eigenvalue weighted by atomic mass is 16.3. The van der Waals surface area contributed by atoms with E-state index in [1.807, 2.05) is 0 Å². The highest BCUT2D eigenvalue weighted by Gasteiger charge is 2.26. The van der Waals surface area contributed by atoms with E-state index >= 15 is 0 Å². The standard InChI is InChI=1S/C59H115NO4/c1-3-5-7-9-11-13-15-17-18-19-20-21-22-23-24-25-26-27-28-29-30-31-32-33-34-35-36-37-38-39-40-42-44-46-48-50-52-54-58(63)60-56(55-61)59(64)57(62)53-51-49-47-45-43-41-16-14-12-10-8-6-4-2/h14,16,45,47,56-57,59,61-62,64H,3-13,15,17-44,46,48-55H2,1-2H3,(H,60,63)/b16-14+,47-45+. The van der Waals surface area contributed by atoms with Gasteiger partial charge in [0.15, 0.2) is 0 Å². The SMILES string of the molecule is CCCCCC/C=C/CC/C=C/CCCC(O)C(O)C(CO)NC(=O)CCCCCCCCCCCCCCCCCCCCCCCCCCCCCCCCCCCCCCC. The van der Waals surface area contributed by atoms with E-state index in [1.165, 1.54) is 250 Å². The smallest absolute Gasteiger partial charge is 0.220 e. The van der Waals surface area contributed by atoms with Gasteiger partial charge >= 0.3 is 0 Å². The molecule has 3 atom stereocenters. The van der Waals surface area contributed by atoms with Crippen molar-refractivity contribution < 1.29 is 20.1 Å². The predicted molar refractivity (Wildman–Crippen MR) is 282 cm³/mol. The third-order valence-electron chi connectivity index (χ3n) is 13.8. The number of allylic oxidation sites excluding steroid dienone is 4. The molecule has 0 aliphatic heterocycles. The van der Waals surface area contributed by atoms with Gasteiger partial charge in [-0.05, 0) is 51.4 Å². The Kier molecular flexibility index (Phi) is 53.4. The van der Waals surface area contributed by atoms with E-state index in [0.29, 0.717) is 12.8 Å². The average Bonchev–Trinajstić information content (AvgIpc) is 3.30. The molecule has 0 bridgehead atoms.